The number of nitrogens with zero attached hydrogens (tertiary/aromatic N) is 2. The van der Waals surface area contributed by atoms with Crippen LogP contribution in [0.2, 0.25) is 0 Å². The molecule has 0 aliphatic heterocycles. The monoisotopic (exact) mass is 540 g/mol. The fourth-order valence-corrected chi connectivity index (χ4v) is 5.17. The minimum absolute atomic E-state index is 1.10. The van der Waals surface area contributed by atoms with Gasteiger partial charge in [-0.15, -0.1) is 0 Å². The molecule has 0 radical (unpaired) electrons. The lowest BCUT2D eigenvalue weighted by atomic mass is 10.0. The van der Waals surface area contributed by atoms with E-state index in [0.717, 1.165) is 45.3 Å². The van der Waals surface area contributed by atoms with Gasteiger partial charge in [-0.2, -0.15) is 0 Å². The molecule has 0 N–H and O–H groups in total. The number of benzene rings is 6. The lowest BCUT2D eigenvalue weighted by molar-refractivity contribution is 1.28. The fraction of sp³-hybridized carbons (Fsp3) is 0. The highest BCUT2D eigenvalue weighted by Crippen LogP contribution is 2.38. The summed E-state index contributed by atoms with van der Waals surface area (Å²) in [5, 5.41) is 0. The first kappa shape index (κ1) is 26.6. The zero-order valence-corrected chi connectivity index (χ0v) is 23.5. The van der Waals surface area contributed by atoms with Gasteiger partial charge in [0.1, 0.15) is 0 Å². The third-order valence-electron chi connectivity index (χ3n) is 7.39. The maximum Gasteiger partial charge on any atom is 0.0462 e. The molecule has 0 spiro atoms. The number of rotatable bonds is 9. The van der Waals surface area contributed by atoms with Crippen LogP contribution < -0.4 is 9.80 Å². The van der Waals surface area contributed by atoms with Crippen molar-refractivity contribution < 1.29 is 0 Å². The topological polar surface area (TPSA) is 6.48 Å². The molecule has 0 aromatic heterocycles. The molecule has 2 heteroatoms. The average molecular weight is 541 g/mol. The summed E-state index contributed by atoms with van der Waals surface area (Å²) in [5.74, 6) is 0. The maximum absolute atomic E-state index is 3.89. The van der Waals surface area contributed by atoms with E-state index in [-0.39, 0.29) is 0 Å². The molecular weight excluding hydrogens is 508 g/mol. The van der Waals surface area contributed by atoms with Crippen molar-refractivity contribution in [3.05, 3.63) is 182 Å². The second-order valence-electron chi connectivity index (χ2n) is 10.0. The maximum atomic E-state index is 3.89. The zero-order valence-electron chi connectivity index (χ0n) is 23.5. The number of para-hydroxylation sites is 2. The van der Waals surface area contributed by atoms with Crippen molar-refractivity contribution in [2.24, 2.45) is 0 Å². The Morgan fingerprint density at radius 1 is 0.310 bits per heavy atom. The summed E-state index contributed by atoms with van der Waals surface area (Å²) in [6.07, 6.45) is 3.74. The Morgan fingerprint density at radius 3 is 0.857 bits per heavy atom. The molecule has 6 aromatic carbocycles. The highest BCUT2D eigenvalue weighted by molar-refractivity contribution is 5.81. The van der Waals surface area contributed by atoms with Crippen LogP contribution in [0.15, 0.2) is 171 Å². The Bertz CT molecular complexity index is 1620. The molecule has 202 valence electrons. The Morgan fingerprint density at radius 2 is 0.571 bits per heavy atom. The van der Waals surface area contributed by atoms with E-state index in [1.54, 1.807) is 0 Å². The molecule has 42 heavy (non-hydrogen) atoms. The highest BCUT2D eigenvalue weighted by Gasteiger charge is 2.14. The van der Waals surface area contributed by atoms with Crippen molar-refractivity contribution in [1.82, 2.24) is 0 Å². The van der Waals surface area contributed by atoms with Gasteiger partial charge in [0.15, 0.2) is 0 Å². The zero-order chi connectivity index (χ0) is 28.7. The molecule has 6 rings (SSSR count). The lowest BCUT2D eigenvalue weighted by Crippen LogP contribution is -2.10. The predicted molar refractivity (Wildman–Crippen MR) is 181 cm³/mol. The third-order valence-corrected chi connectivity index (χ3v) is 7.39. The largest absolute Gasteiger partial charge is 0.311 e. The van der Waals surface area contributed by atoms with Gasteiger partial charge < -0.3 is 9.80 Å². The van der Waals surface area contributed by atoms with Crippen molar-refractivity contribution in [2.45, 2.75) is 0 Å². The third kappa shape index (κ3) is 5.65. The molecule has 0 unspecified atom stereocenters. The summed E-state index contributed by atoms with van der Waals surface area (Å²) in [6, 6.07) is 55.4. The van der Waals surface area contributed by atoms with Crippen molar-refractivity contribution in [1.29, 1.82) is 0 Å². The molecule has 0 bridgehead atoms. The van der Waals surface area contributed by atoms with Gasteiger partial charge in [-0.05, 0) is 95.1 Å². The average Bonchev–Trinajstić information content (AvgIpc) is 3.07. The van der Waals surface area contributed by atoms with Crippen molar-refractivity contribution >= 4 is 46.3 Å². The molecule has 0 amide bonds. The Labute approximate surface area is 248 Å². The highest BCUT2D eigenvalue weighted by atomic mass is 15.1. The van der Waals surface area contributed by atoms with Gasteiger partial charge in [0.2, 0.25) is 0 Å². The van der Waals surface area contributed by atoms with Crippen LogP contribution in [0.3, 0.4) is 0 Å². The van der Waals surface area contributed by atoms with Crippen molar-refractivity contribution in [3.63, 3.8) is 0 Å². The fourth-order valence-electron chi connectivity index (χ4n) is 5.17. The summed E-state index contributed by atoms with van der Waals surface area (Å²) in [5.41, 5.74) is 11.2. The molecule has 0 heterocycles. The van der Waals surface area contributed by atoms with Crippen LogP contribution in [0.25, 0.3) is 23.3 Å². The van der Waals surface area contributed by atoms with Crippen LogP contribution in [0.5, 0.6) is 0 Å². The molecule has 0 aliphatic rings. The minimum atomic E-state index is 1.10. The van der Waals surface area contributed by atoms with E-state index >= 15 is 0 Å². The molecular formula is C40H32N2. The summed E-state index contributed by atoms with van der Waals surface area (Å²) in [7, 11) is 0. The number of hydrogen-bond acceptors (Lipinski definition) is 2. The van der Waals surface area contributed by atoms with E-state index in [0.29, 0.717) is 0 Å². The van der Waals surface area contributed by atoms with Crippen LogP contribution in [0.1, 0.15) is 11.1 Å². The van der Waals surface area contributed by atoms with Gasteiger partial charge in [0, 0.05) is 34.1 Å². The van der Waals surface area contributed by atoms with E-state index in [2.05, 4.69) is 169 Å². The smallest absolute Gasteiger partial charge is 0.0462 e. The molecule has 0 saturated heterocycles. The second kappa shape index (κ2) is 12.3. The molecule has 0 atom stereocenters. The van der Waals surface area contributed by atoms with Gasteiger partial charge in [0.25, 0.3) is 0 Å². The van der Waals surface area contributed by atoms with Crippen LogP contribution in [0, 0.1) is 0 Å². The van der Waals surface area contributed by atoms with Crippen LogP contribution in [-0.2, 0) is 0 Å². The quantitative estimate of drug-likeness (QED) is 0.180. The summed E-state index contributed by atoms with van der Waals surface area (Å²) < 4.78 is 0. The van der Waals surface area contributed by atoms with E-state index < -0.39 is 0 Å². The summed E-state index contributed by atoms with van der Waals surface area (Å²) in [6.45, 7) is 7.79. The van der Waals surface area contributed by atoms with Crippen LogP contribution in [-0.4, -0.2) is 0 Å². The van der Waals surface area contributed by atoms with Crippen molar-refractivity contribution in [3.8, 4) is 11.1 Å². The first-order chi connectivity index (χ1) is 20.7. The number of anilines is 6. The first-order valence-corrected chi connectivity index (χ1v) is 14.1. The van der Waals surface area contributed by atoms with E-state index in [1.165, 1.54) is 11.1 Å². The molecule has 0 saturated carbocycles. The second-order valence-corrected chi connectivity index (χ2v) is 10.0. The van der Waals surface area contributed by atoms with Gasteiger partial charge in [0.05, 0.1) is 0 Å². The van der Waals surface area contributed by atoms with Crippen molar-refractivity contribution in [2.75, 3.05) is 9.80 Å². The molecule has 0 aliphatic carbocycles. The number of hydrogen-bond donors (Lipinski definition) is 0. The van der Waals surface area contributed by atoms with Crippen LogP contribution in [0.4, 0.5) is 34.1 Å². The molecule has 2 nitrogen and oxygen atoms in total. The first-order valence-electron chi connectivity index (χ1n) is 14.1. The summed E-state index contributed by atoms with van der Waals surface area (Å²) >= 11 is 0. The predicted octanol–water partition coefficient (Wildman–Crippen LogP) is 11.6. The van der Waals surface area contributed by atoms with Gasteiger partial charge in [-0.1, -0.05) is 110 Å². The van der Waals surface area contributed by atoms with E-state index in [1.807, 2.05) is 24.3 Å². The summed E-state index contributed by atoms with van der Waals surface area (Å²) in [4.78, 5) is 4.55. The normalized spacial score (nSPS) is 10.6. The Hall–Kier alpha value is -5.60. The van der Waals surface area contributed by atoms with Gasteiger partial charge in [-0.25, -0.2) is 0 Å². The lowest BCUT2D eigenvalue weighted by Gasteiger charge is -2.26. The Kier molecular flexibility index (Phi) is 7.78. The van der Waals surface area contributed by atoms with E-state index in [4.69, 9.17) is 0 Å². The molecule has 6 aromatic rings. The van der Waals surface area contributed by atoms with E-state index in [9.17, 15) is 0 Å². The standard InChI is InChI=1S/C40H32N2/c1-3-31-15-23-37(24-16-31)41(35-11-7-5-8-12-35)39-27-19-33(20-28-39)34-21-29-40(30-22-34)42(36-13-9-6-10-14-36)38-25-17-32(4-2)18-26-38/h3-30H,1-2H2. The SMILES string of the molecule is C=Cc1ccc(N(c2ccccc2)c2ccc(-c3ccc(N(c4ccccc4)c4ccc(C=C)cc4)cc3)cc2)cc1. The molecule has 0 fully saturated rings. The minimum Gasteiger partial charge on any atom is -0.311 e. The van der Waals surface area contributed by atoms with Crippen LogP contribution >= 0.6 is 0 Å². The van der Waals surface area contributed by atoms with Gasteiger partial charge in [-0.3, -0.25) is 0 Å². The van der Waals surface area contributed by atoms with Gasteiger partial charge >= 0.3 is 0 Å². The Balaban J connectivity index is 1.31.